The van der Waals surface area contributed by atoms with E-state index >= 15 is 0 Å². The third-order valence-electron chi connectivity index (χ3n) is 2.21. The van der Waals surface area contributed by atoms with Gasteiger partial charge >= 0.3 is 0 Å². The van der Waals surface area contributed by atoms with Crippen molar-refractivity contribution in [2.24, 2.45) is 5.92 Å². The summed E-state index contributed by atoms with van der Waals surface area (Å²) in [6.45, 7) is 4.77. The van der Waals surface area contributed by atoms with Crippen LogP contribution in [0.2, 0.25) is 5.82 Å². The molecule has 1 N–H and O–H groups in total. The van der Waals surface area contributed by atoms with Crippen LogP contribution < -0.4 is 5.32 Å². The molecule has 0 aromatic heterocycles. The monoisotopic (exact) mass is 111 g/mol. The minimum atomic E-state index is 0.892. The van der Waals surface area contributed by atoms with Crippen molar-refractivity contribution in [3.63, 3.8) is 0 Å². The topological polar surface area (TPSA) is 12.0 Å². The quantitative estimate of drug-likeness (QED) is 0.435. The molecular weight excluding hydrogens is 96.9 g/mol. The van der Waals surface area contributed by atoms with Crippen LogP contribution in [0.1, 0.15) is 13.3 Å². The van der Waals surface area contributed by atoms with Crippen LogP contribution in [0.25, 0.3) is 0 Å². The van der Waals surface area contributed by atoms with Gasteiger partial charge in [-0.3, -0.25) is 0 Å². The van der Waals surface area contributed by atoms with E-state index in [0.29, 0.717) is 0 Å². The molecule has 0 amide bonds. The van der Waals surface area contributed by atoms with Crippen LogP contribution >= 0.6 is 0 Å². The number of rotatable bonds is 0. The van der Waals surface area contributed by atoms with E-state index in [2.05, 4.69) is 20.1 Å². The molecule has 1 rings (SSSR count). The lowest BCUT2D eigenvalue weighted by Gasteiger charge is -2.25. The van der Waals surface area contributed by atoms with Gasteiger partial charge in [-0.1, -0.05) is 12.7 Å². The summed E-state index contributed by atoms with van der Waals surface area (Å²) in [6.07, 6.45) is 1.36. The Morgan fingerprint density at radius 2 is 2.38 bits per heavy atom. The highest BCUT2D eigenvalue weighted by Gasteiger charge is 2.14. The van der Waals surface area contributed by atoms with E-state index in [0.717, 1.165) is 11.7 Å². The third-order valence-corrected chi connectivity index (χ3v) is 2.21. The van der Waals surface area contributed by atoms with Crippen molar-refractivity contribution in [3.05, 3.63) is 0 Å². The molecule has 0 spiro atoms. The summed E-state index contributed by atoms with van der Waals surface area (Å²) < 4.78 is 0. The molecule has 2 heteroatoms. The second-order valence-electron chi connectivity index (χ2n) is 2.95. The van der Waals surface area contributed by atoms with Crippen molar-refractivity contribution in [2.45, 2.75) is 19.2 Å². The van der Waals surface area contributed by atoms with E-state index in [-0.39, 0.29) is 0 Å². The minimum absolute atomic E-state index is 0.892. The largest absolute Gasteiger partial charge is 0.317 e. The second-order valence-corrected chi connectivity index (χ2v) is 2.95. The lowest BCUT2D eigenvalue weighted by Crippen LogP contribution is -2.32. The van der Waals surface area contributed by atoms with Crippen LogP contribution in [0.4, 0.5) is 0 Å². The molecule has 0 aliphatic carbocycles. The molecule has 0 aromatic rings. The molecule has 46 valence electrons. The standard InChI is InChI=1S/C6H14BN/c1-5-4-8-3-2-6(5)7/h5-6,8H,2-4,7H2,1H3. The Balaban J connectivity index is 2.28. The Labute approximate surface area is 52.3 Å². The summed E-state index contributed by atoms with van der Waals surface area (Å²) in [5.41, 5.74) is 0. The van der Waals surface area contributed by atoms with E-state index < -0.39 is 0 Å². The fraction of sp³-hybridized carbons (Fsp3) is 1.00. The summed E-state index contributed by atoms with van der Waals surface area (Å²) >= 11 is 0. The summed E-state index contributed by atoms with van der Waals surface area (Å²) in [5, 5.41) is 3.36. The van der Waals surface area contributed by atoms with Gasteiger partial charge in [0.25, 0.3) is 0 Å². The van der Waals surface area contributed by atoms with Gasteiger partial charge in [0.2, 0.25) is 0 Å². The molecule has 0 bridgehead atoms. The number of hydrogen-bond acceptors (Lipinski definition) is 1. The first-order valence-corrected chi connectivity index (χ1v) is 3.51. The van der Waals surface area contributed by atoms with Gasteiger partial charge in [0.15, 0.2) is 0 Å². The van der Waals surface area contributed by atoms with E-state index in [9.17, 15) is 0 Å². The van der Waals surface area contributed by atoms with Crippen LogP contribution in [-0.4, -0.2) is 20.9 Å². The fourth-order valence-electron chi connectivity index (χ4n) is 1.15. The maximum Gasteiger partial charge on any atom is 0.105 e. The van der Waals surface area contributed by atoms with Crippen LogP contribution in [0.15, 0.2) is 0 Å². The van der Waals surface area contributed by atoms with Crippen molar-refractivity contribution in [2.75, 3.05) is 13.1 Å². The first-order chi connectivity index (χ1) is 3.80. The SMILES string of the molecule is BC1CCNCC1C. The molecule has 1 heterocycles. The van der Waals surface area contributed by atoms with Gasteiger partial charge in [-0.05, 0) is 25.4 Å². The molecule has 1 aliphatic rings. The highest BCUT2D eigenvalue weighted by atomic mass is 14.9. The van der Waals surface area contributed by atoms with Crippen molar-refractivity contribution < 1.29 is 0 Å². The number of nitrogens with one attached hydrogen (secondary N) is 1. The van der Waals surface area contributed by atoms with Gasteiger partial charge in [-0.25, -0.2) is 0 Å². The zero-order valence-corrected chi connectivity index (χ0v) is 5.78. The van der Waals surface area contributed by atoms with Gasteiger partial charge in [-0.2, -0.15) is 0 Å². The first-order valence-electron chi connectivity index (χ1n) is 3.51. The van der Waals surface area contributed by atoms with Crippen LogP contribution in [0, 0.1) is 5.92 Å². The molecule has 1 aliphatic heterocycles. The Hall–Kier alpha value is 0.0249. The molecular formula is C6H14BN. The lowest BCUT2D eigenvalue weighted by atomic mass is 9.73. The first kappa shape index (κ1) is 6.15. The molecule has 2 unspecified atom stereocenters. The maximum absolute atomic E-state index is 3.36. The molecule has 2 atom stereocenters. The summed E-state index contributed by atoms with van der Waals surface area (Å²) in [4.78, 5) is 0. The summed E-state index contributed by atoms with van der Waals surface area (Å²) in [7, 11) is 2.34. The van der Waals surface area contributed by atoms with Gasteiger partial charge in [0.1, 0.15) is 7.85 Å². The highest BCUT2D eigenvalue weighted by Crippen LogP contribution is 2.19. The van der Waals surface area contributed by atoms with E-state index in [1.807, 2.05) is 0 Å². The van der Waals surface area contributed by atoms with Gasteiger partial charge in [0.05, 0.1) is 0 Å². The lowest BCUT2D eigenvalue weighted by molar-refractivity contribution is 0.405. The van der Waals surface area contributed by atoms with Crippen molar-refractivity contribution >= 4 is 7.85 Å². The molecule has 0 aromatic carbocycles. The maximum atomic E-state index is 3.36. The van der Waals surface area contributed by atoms with E-state index in [1.165, 1.54) is 19.5 Å². The van der Waals surface area contributed by atoms with E-state index in [1.54, 1.807) is 0 Å². The van der Waals surface area contributed by atoms with Crippen LogP contribution in [-0.2, 0) is 0 Å². The average molecular weight is 111 g/mol. The van der Waals surface area contributed by atoms with Crippen LogP contribution in [0.5, 0.6) is 0 Å². The van der Waals surface area contributed by atoms with Crippen molar-refractivity contribution in [3.8, 4) is 0 Å². The Morgan fingerprint density at radius 3 is 2.75 bits per heavy atom. The van der Waals surface area contributed by atoms with Gasteiger partial charge in [0, 0.05) is 0 Å². The Morgan fingerprint density at radius 1 is 1.62 bits per heavy atom. The Bertz CT molecular complexity index is 64.9. The molecule has 0 radical (unpaired) electrons. The van der Waals surface area contributed by atoms with Crippen molar-refractivity contribution in [1.29, 1.82) is 0 Å². The van der Waals surface area contributed by atoms with Crippen molar-refractivity contribution in [1.82, 2.24) is 5.32 Å². The zero-order valence-electron chi connectivity index (χ0n) is 5.78. The smallest absolute Gasteiger partial charge is 0.105 e. The van der Waals surface area contributed by atoms with E-state index in [4.69, 9.17) is 0 Å². The number of piperidine rings is 1. The highest BCUT2D eigenvalue weighted by molar-refractivity contribution is 6.11. The molecule has 0 saturated carbocycles. The van der Waals surface area contributed by atoms with Gasteiger partial charge in [-0.15, -0.1) is 0 Å². The van der Waals surface area contributed by atoms with Crippen LogP contribution in [0.3, 0.4) is 0 Å². The zero-order chi connectivity index (χ0) is 5.98. The molecule has 8 heavy (non-hydrogen) atoms. The molecule has 1 nitrogen and oxygen atoms in total. The Kier molecular flexibility index (Phi) is 1.95. The fourth-order valence-corrected chi connectivity index (χ4v) is 1.15. The molecule has 1 saturated heterocycles. The minimum Gasteiger partial charge on any atom is -0.317 e. The predicted molar refractivity (Wildman–Crippen MR) is 38.9 cm³/mol. The third kappa shape index (κ3) is 1.25. The predicted octanol–water partition coefficient (Wildman–Crippen LogP) is 0.0374. The summed E-state index contributed by atoms with van der Waals surface area (Å²) in [5.74, 6) is 1.83. The van der Waals surface area contributed by atoms with Gasteiger partial charge < -0.3 is 5.32 Å². The second kappa shape index (κ2) is 2.54. The summed E-state index contributed by atoms with van der Waals surface area (Å²) in [6, 6.07) is 0. The number of hydrogen-bond donors (Lipinski definition) is 1. The average Bonchev–Trinajstić information content (AvgIpc) is 1.77. The molecule has 1 fully saturated rings. The normalized spacial score (nSPS) is 39.6.